The van der Waals surface area contributed by atoms with Crippen molar-refractivity contribution in [2.45, 2.75) is 85.5 Å². The molecule has 0 atom stereocenters. The summed E-state index contributed by atoms with van der Waals surface area (Å²) in [6, 6.07) is 13.4. The van der Waals surface area contributed by atoms with E-state index in [1.54, 1.807) is 12.1 Å². The summed E-state index contributed by atoms with van der Waals surface area (Å²) in [5.41, 5.74) is 4.12. The predicted molar refractivity (Wildman–Crippen MR) is 155 cm³/mol. The number of hydrogen-bond donors (Lipinski definition) is 0. The van der Waals surface area contributed by atoms with E-state index in [1.165, 1.54) is 0 Å². The second kappa shape index (κ2) is 15.5. The van der Waals surface area contributed by atoms with Crippen molar-refractivity contribution in [3.8, 4) is 5.75 Å². The minimum atomic E-state index is -1.27. The fraction of sp³-hybridized carbons (Fsp3) is 0.464. The van der Waals surface area contributed by atoms with Crippen LogP contribution in [0.3, 0.4) is 0 Å². The minimum absolute atomic E-state index is 0. The molecular formula is C28H41BMoN6O2S-6. The Labute approximate surface area is 255 Å². The molecule has 0 fully saturated rings. The Balaban J connectivity index is 0.000000882. The minimum Gasteiger partial charge on any atom is -2.00 e. The number of rotatable bonds is 6. The SMILES string of the molecule is CC(C)(C)c1ccccc1[O-].CC(C)c1ccn([BH-](n2ccc(C(C)C)n2)n2ccc(C(C)C)n2)n1.[Mo].[O-2].[S-2]. The number of para-hydroxylation sites is 1. The van der Waals surface area contributed by atoms with Gasteiger partial charge in [-0.2, -0.15) is 0 Å². The van der Waals surface area contributed by atoms with Gasteiger partial charge in [-0.15, -0.1) is 5.75 Å². The molecule has 0 aliphatic heterocycles. The quantitative estimate of drug-likeness (QED) is 0.271. The Morgan fingerprint density at radius 3 is 1.23 bits per heavy atom. The third-order valence-electron chi connectivity index (χ3n) is 6.32. The molecule has 39 heavy (non-hydrogen) atoms. The average molecular weight is 632 g/mol. The third kappa shape index (κ3) is 9.40. The Bertz CT molecular complexity index is 1150. The van der Waals surface area contributed by atoms with E-state index in [2.05, 4.69) is 59.7 Å². The average Bonchev–Trinajstić information content (AvgIpc) is 3.56. The maximum absolute atomic E-state index is 11.3. The van der Waals surface area contributed by atoms with Crippen LogP contribution in [0, 0.1) is 0 Å². The molecule has 3 heterocycles. The van der Waals surface area contributed by atoms with Crippen molar-refractivity contribution < 1.29 is 31.6 Å². The second-order valence-electron chi connectivity index (χ2n) is 11.5. The molecule has 1 aromatic carbocycles. The van der Waals surface area contributed by atoms with Crippen LogP contribution in [0.5, 0.6) is 5.75 Å². The molecule has 3 aromatic heterocycles. The zero-order valence-electron chi connectivity index (χ0n) is 24.5. The third-order valence-corrected chi connectivity index (χ3v) is 6.32. The van der Waals surface area contributed by atoms with Crippen LogP contribution < -0.4 is 5.11 Å². The van der Waals surface area contributed by atoms with Crippen LogP contribution >= 0.6 is 0 Å². The molecule has 0 spiro atoms. The summed E-state index contributed by atoms with van der Waals surface area (Å²) < 4.78 is 6.05. The summed E-state index contributed by atoms with van der Waals surface area (Å²) in [6.07, 6.45) is 6.13. The monoisotopic (exact) mass is 634 g/mol. The van der Waals surface area contributed by atoms with E-state index >= 15 is 0 Å². The van der Waals surface area contributed by atoms with Gasteiger partial charge in [-0.05, 0) is 60.0 Å². The van der Waals surface area contributed by atoms with Gasteiger partial charge in [0.05, 0.1) is 17.1 Å². The fourth-order valence-corrected chi connectivity index (χ4v) is 4.06. The maximum Gasteiger partial charge on any atom is 0.326 e. The molecule has 0 bridgehead atoms. The topological polar surface area (TPSA) is 105 Å². The van der Waals surface area contributed by atoms with E-state index in [4.69, 9.17) is 15.3 Å². The first-order chi connectivity index (χ1) is 16.9. The molecule has 216 valence electrons. The number of hydrogen-bond acceptors (Lipinski definition) is 4. The molecule has 4 aromatic rings. The van der Waals surface area contributed by atoms with Gasteiger partial charge in [0.1, 0.15) is 0 Å². The van der Waals surface area contributed by atoms with Crippen LogP contribution in [0.4, 0.5) is 0 Å². The Morgan fingerprint density at radius 1 is 0.667 bits per heavy atom. The Morgan fingerprint density at radius 2 is 1.00 bits per heavy atom. The Kier molecular flexibility index (Phi) is 14.6. The molecule has 8 nitrogen and oxygen atoms in total. The molecule has 4 rings (SSSR count). The molecule has 0 aliphatic rings. The Hall–Kier alpha value is -2.29. The maximum atomic E-state index is 11.3. The van der Waals surface area contributed by atoms with Gasteiger partial charge in [0.25, 0.3) is 0 Å². The van der Waals surface area contributed by atoms with Gasteiger partial charge >= 0.3 is 7.12 Å². The van der Waals surface area contributed by atoms with Crippen LogP contribution in [-0.2, 0) is 45.5 Å². The van der Waals surface area contributed by atoms with E-state index in [9.17, 15) is 5.11 Å². The van der Waals surface area contributed by atoms with Crippen LogP contribution in [0.25, 0.3) is 0 Å². The summed E-state index contributed by atoms with van der Waals surface area (Å²) in [5, 5.41) is 25.7. The van der Waals surface area contributed by atoms with Crippen LogP contribution in [0.1, 0.15) is 103 Å². The summed E-state index contributed by atoms with van der Waals surface area (Å²) in [5.74, 6) is 1.33. The fourth-order valence-electron chi connectivity index (χ4n) is 4.06. The summed E-state index contributed by atoms with van der Waals surface area (Å²) in [7, 11) is -1.27. The van der Waals surface area contributed by atoms with E-state index in [0.717, 1.165) is 22.6 Å². The summed E-state index contributed by atoms with van der Waals surface area (Å²) >= 11 is 0. The molecule has 0 N–H and O–H groups in total. The van der Waals surface area contributed by atoms with E-state index in [1.807, 2.05) is 65.3 Å². The largest absolute Gasteiger partial charge is 2.00 e. The first-order valence-corrected chi connectivity index (χ1v) is 13.0. The molecule has 0 aliphatic carbocycles. The first kappa shape index (κ1) is 36.7. The van der Waals surface area contributed by atoms with Crippen molar-refractivity contribution in [1.82, 2.24) is 29.1 Å². The van der Waals surface area contributed by atoms with Gasteiger partial charge in [0.15, 0.2) is 0 Å². The molecule has 0 saturated heterocycles. The zero-order valence-corrected chi connectivity index (χ0v) is 27.4. The number of nitrogens with zero attached hydrogens (tertiary/aromatic N) is 6. The van der Waals surface area contributed by atoms with E-state index in [0.29, 0.717) is 17.8 Å². The summed E-state index contributed by atoms with van der Waals surface area (Å²) in [6.45, 7) is 19.1. The molecule has 0 amide bonds. The van der Waals surface area contributed by atoms with Gasteiger partial charge in [-0.25, -0.2) is 15.3 Å². The molecule has 0 unspecified atom stereocenters. The van der Waals surface area contributed by atoms with Crippen LogP contribution in [0.15, 0.2) is 61.1 Å². The molecule has 0 radical (unpaired) electrons. The van der Waals surface area contributed by atoms with Crippen LogP contribution in [0.2, 0.25) is 0 Å². The van der Waals surface area contributed by atoms with Gasteiger partial charge in [-0.1, -0.05) is 92.1 Å². The van der Waals surface area contributed by atoms with Crippen molar-refractivity contribution in [2.24, 2.45) is 0 Å². The number of aromatic nitrogens is 6. The van der Waals surface area contributed by atoms with Crippen molar-refractivity contribution in [3.05, 3.63) is 83.7 Å². The second-order valence-corrected chi connectivity index (χ2v) is 11.5. The van der Waals surface area contributed by atoms with Crippen LogP contribution in [-0.4, -0.2) is 36.2 Å². The zero-order chi connectivity index (χ0) is 26.6. The number of benzene rings is 1. The standard InChI is InChI=1S/C18H28BN6.C10H14O.Mo.O.S/c1-13(2)16-7-10-23(20-16)19(24-11-8-17(21-24)14(3)4)25-12-9-18(22-25)15(5)6;1-10(2,3)8-6-4-5-7-9(8)11;;;/h7-15,19H,1-6H3;4-7,11H,1-3H3;;;/q-1;;;2*-2/p-1. The normalized spacial score (nSPS) is 11.1. The van der Waals surface area contributed by atoms with Gasteiger partial charge in [0.2, 0.25) is 0 Å². The molecule has 0 saturated carbocycles. The molecular weight excluding hydrogens is 591 g/mol. The summed E-state index contributed by atoms with van der Waals surface area (Å²) in [4.78, 5) is 0. The smallest absolute Gasteiger partial charge is 0.326 e. The molecule has 11 heteroatoms. The van der Waals surface area contributed by atoms with Gasteiger partial charge in [-0.3, -0.25) is 0 Å². The van der Waals surface area contributed by atoms with E-state index < -0.39 is 7.12 Å². The first-order valence-electron chi connectivity index (χ1n) is 13.0. The van der Waals surface area contributed by atoms with E-state index in [-0.39, 0.29) is 51.2 Å². The van der Waals surface area contributed by atoms with Gasteiger partial charge < -0.3 is 37.9 Å². The van der Waals surface area contributed by atoms with Crippen molar-refractivity contribution in [2.75, 3.05) is 0 Å². The predicted octanol–water partition coefficient (Wildman–Crippen LogP) is 5.24. The van der Waals surface area contributed by atoms with Crippen molar-refractivity contribution >= 4 is 20.6 Å². The van der Waals surface area contributed by atoms with Gasteiger partial charge in [0, 0.05) is 21.1 Å². The van der Waals surface area contributed by atoms with Crippen molar-refractivity contribution in [3.63, 3.8) is 0 Å². The van der Waals surface area contributed by atoms with Crippen molar-refractivity contribution in [1.29, 1.82) is 0 Å².